The third-order valence-electron chi connectivity index (χ3n) is 4.94. The second-order valence-electron chi connectivity index (χ2n) is 7.20. The molecule has 156 valence electrons. The lowest BCUT2D eigenvalue weighted by Gasteiger charge is -2.31. The Labute approximate surface area is 179 Å². The summed E-state index contributed by atoms with van der Waals surface area (Å²) in [6.07, 6.45) is 3.47. The fraction of sp³-hybridized carbons (Fsp3) is 0.417. The number of halogens is 1. The largest absolute Gasteiger partial charge is 0.354 e. The molecule has 5 heteroatoms. The highest BCUT2D eigenvalue weighted by Gasteiger charge is 2.28. The van der Waals surface area contributed by atoms with Gasteiger partial charge in [-0.1, -0.05) is 74.3 Å². The molecule has 0 bridgehead atoms. The molecule has 1 atom stereocenters. The van der Waals surface area contributed by atoms with Gasteiger partial charge in [0.2, 0.25) is 11.8 Å². The summed E-state index contributed by atoms with van der Waals surface area (Å²) in [7, 11) is 0. The van der Waals surface area contributed by atoms with Gasteiger partial charge in [0.1, 0.15) is 6.04 Å². The molecule has 29 heavy (non-hydrogen) atoms. The summed E-state index contributed by atoms with van der Waals surface area (Å²) in [5.74, 6) is -0.130. The molecule has 0 unspecified atom stereocenters. The molecule has 2 aromatic rings. The minimum absolute atomic E-state index is 0.0549. The zero-order chi connectivity index (χ0) is 21.1. The number of hydrogen-bond donors (Lipinski definition) is 1. The van der Waals surface area contributed by atoms with Crippen molar-refractivity contribution in [3.63, 3.8) is 0 Å². The van der Waals surface area contributed by atoms with Crippen molar-refractivity contribution < 1.29 is 9.59 Å². The molecule has 0 heterocycles. The first-order valence-electron chi connectivity index (χ1n) is 10.4. The van der Waals surface area contributed by atoms with Crippen molar-refractivity contribution in [2.75, 3.05) is 13.1 Å². The zero-order valence-electron chi connectivity index (χ0n) is 17.4. The number of benzene rings is 2. The maximum atomic E-state index is 13.2. The lowest BCUT2D eigenvalue weighted by molar-refractivity contribution is -0.140. The molecule has 0 saturated carbocycles. The number of rotatable bonds is 11. The van der Waals surface area contributed by atoms with Crippen LogP contribution < -0.4 is 5.32 Å². The number of amides is 2. The molecule has 0 radical (unpaired) electrons. The molecule has 2 rings (SSSR count). The summed E-state index contributed by atoms with van der Waals surface area (Å²) in [5, 5.41) is 3.59. The van der Waals surface area contributed by atoms with E-state index in [-0.39, 0.29) is 18.2 Å². The molecular formula is C24H31ClN2O2. The SMILES string of the molecule is CCCCNC(=O)[C@@H](CC)N(CCc1ccccc1)C(=O)Cc1cccc(Cl)c1. The Kier molecular flexibility index (Phi) is 9.72. The Morgan fingerprint density at radius 3 is 2.41 bits per heavy atom. The Hall–Kier alpha value is -2.33. The molecule has 2 aromatic carbocycles. The maximum Gasteiger partial charge on any atom is 0.242 e. The number of carbonyl (C=O) groups is 2. The van der Waals surface area contributed by atoms with Gasteiger partial charge in [-0.05, 0) is 42.5 Å². The van der Waals surface area contributed by atoms with Crippen LogP contribution in [0.15, 0.2) is 54.6 Å². The summed E-state index contributed by atoms with van der Waals surface area (Å²) in [5.41, 5.74) is 2.00. The molecule has 0 aromatic heterocycles. The van der Waals surface area contributed by atoms with Crippen molar-refractivity contribution in [1.82, 2.24) is 10.2 Å². The molecule has 1 N–H and O–H groups in total. The van der Waals surface area contributed by atoms with E-state index in [1.54, 1.807) is 17.0 Å². The van der Waals surface area contributed by atoms with Crippen LogP contribution in [0.3, 0.4) is 0 Å². The van der Waals surface area contributed by atoms with E-state index in [0.29, 0.717) is 31.0 Å². The zero-order valence-corrected chi connectivity index (χ0v) is 18.1. The Morgan fingerprint density at radius 2 is 1.76 bits per heavy atom. The minimum Gasteiger partial charge on any atom is -0.354 e. The molecule has 0 aliphatic heterocycles. The number of carbonyl (C=O) groups excluding carboxylic acids is 2. The third kappa shape index (κ3) is 7.54. The first-order chi connectivity index (χ1) is 14.0. The quantitative estimate of drug-likeness (QED) is 0.544. The van der Waals surface area contributed by atoms with Crippen LogP contribution in [0, 0.1) is 0 Å². The van der Waals surface area contributed by atoms with E-state index in [2.05, 4.69) is 12.2 Å². The smallest absolute Gasteiger partial charge is 0.242 e. The van der Waals surface area contributed by atoms with Gasteiger partial charge < -0.3 is 10.2 Å². The molecule has 4 nitrogen and oxygen atoms in total. The average molecular weight is 415 g/mol. The maximum absolute atomic E-state index is 13.2. The first-order valence-corrected chi connectivity index (χ1v) is 10.8. The van der Waals surface area contributed by atoms with E-state index in [1.807, 2.05) is 49.4 Å². The van der Waals surface area contributed by atoms with E-state index in [1.165, 1.54) is 0 Å². The topological polar surface area (TPSA) is 49.4 Å². The van der Waals surface area contributed by atoms with E-state index >= 15 is 0 Å². The van der Waals surface area contributed by atoms with Gasteiger partial charge in [-0.15, -0.1) is 0 Å². The highest BCUT2D eigenvalue weighted by Crippen LogP contribution is 2.15. The predicted octanol–water partition coefficient (Wildman–Crippen LogP) is 4.65. The lowest BCUT2D eigenvalue weighted by Crippen LogP contribution is -2.50. The molecular weight excluding hydrogens is 384 g/mol. The molecule has 0 saturated heterocycles. The van der Waals surface area contributed by atoms with Crippen LogP contribution in [0.1, 0.15) is 44.2 Å². The number of hydrogen-bond acceptors (Lipinski definition) is 2. The summed E-state index contributed by atoms with van der Waals surface area (Å²) < 4.78 is 0. The van der Waals surface area contributed by atoms with Crippen LogP contribution in [0.25, 0.3) is 0 Å². The van der Waals surface area contributed by atoms with Crippen LogP contribution in [0.4, 0.5) is 0 Å². The lowest BCUT2D eigenvalue weighted by atomic mass is 10.1. The fourth-order valence-corrected chi connectivity index (χ4v) is 3.54. The van der Waals surface area contributed by atoms with E-state index < -0.39 is 6.04 Å². The Balaban J connectivity index is 2.15. The van der Waals surface area contributed by atoms with Crippen molar-refractivity contribution in [3.8, 4) is 0 Å². The van der Waals surface area contributed by atoms with Crippen LogP contribution in [-0.4, -0.2) is 35.8 Å². The number of nitrogens with zero attached hydrogens (tertiary/aromatic N) is 1. The number of nitrogens with one attached hydrogen (secondary N) is 1. The van der Waals surface area contributed by atoms with Crippen molar-refractivity contribution in [3.05, 3.63) is 70.7 Å². The highest BCUT2D eigenvalue weighted by molar-refractivity contribution is 6.30. The monoisotopic (exact) mass is 414 g/mol. The van der Waals surface area contributed by atoms with E-state index in [4.69, 9.17) is 11.6 Å². The van der Waals surface area contributed by atoms with Gasteiger partial charge >= 0.3 is 0 Å². The average Bonchev–Trinajstić information content (AvgIpc) is 2.71. The normalized spacial score (nSPS) is 11.7. The van der Waals surface area contributed by atoms with Crippen molar-refractivity contribution >= 4 is 23.4 Å². The summed E-state index contributed by atoms with van der Waals surface area (Å²) in [6.45, 7) is 5.18. The highest BCUT2D eigenvalue weighted by atomic mass is 35.5. The van der Waals surface area contributed by atoms with Crippen LogP contribution in [0.2, 0.25) is 5.02 Å². The molecule has 2 amide bonds. The van der Waals surface area contributed by atoms with Gasteiger partial charge in [0.15, 0.2) is 0 Å². The molecule has 0 aliphatic carbocycles. The standard InChI is InChI=1S/C24H31ClN2O2/c1-3-5-15-26-24(29)22(4-2)27(16-14-19-10-7-6-8-11-19)23(28)18-20-12-9-13-21(25)17-20/h6-13,17,22H,3-5,14-16,18H2,1-2H3,(H,26,29)/t22-/m1/s1. The summed E-state index contributed by atoms with van der Waals surface area (Å²) in [4.78, 5) is 27.7. The first kappa shape index (κ1) is 23.0. The second-order valence-corrected chi connectivity index (χ2v) is 7.63. The van der Waals surface area contributed by atoms with Gasteiger partial charge in [0.25, 0.3) is 0 Å². The van der Waals surface area contributed by atoms with Gasteiger partial charge in [0.05, 0.1) is 6.42 Å². The molecule has 0 fully saturated rings. The summed E-state index contributed by atoms with van der Waals surface area (Å²) >= 11 is 6.07. The van der Waals surface area contributed by atoms with Crippen molar-refractivity contribution in [2.45, 2.75) is 52.0 Å². The van der Waals surface area contributed by atoms with Crippen LogP contribution in [-0.2, 0) is 22.4 Å². The van der Waals surface area contributed by atoms with Crippen molar-refractivity contribution in [1.29, 1.82) is 0 Å². The Bertz CT molecular complexity index is 779. The van der Waals surface area contributed by atoms with Crippen molar-refractivity contribution in [2.24, 2.45) is 0 Å². The third-order valence-corrected chi connectivity index (χ3v) is 5.18. The fourth-order valence-electron chi connectivity index (χ4n) is 3.33. The van der Waals surface area contributed by atoms with Gasteiger partial charge in [0, 0.05) is 18.1 Å². The molecule has 0 aliphatic rings. The summed E-state index contributed by atoms with van der Waals surface area (Å²) in [6, 6.07) is 16.9. The number of unbranched alkanes of at least 4 members (excludes halogenated alkanes) is 1. The van der Waals surface area contributed by atoms with Crippen LogP contribution >= 0.6 is 11.6 Å². The van der Waals surface area contributed by atoms with Crippen LogP contribution in [0.5, 0.6) is 0 Å². The van der Waals surface area contributed by atoms with Gasteiger partial charge in [-0.3, -0.25) is 9.59 Å². The molecule has 0 spiro atoms. The predicted molar refractivity (Wildman–Crippen MR) is 119 cm³/mol. The van der Waals surface area contributed by atoms with E-state index in [0.717, 1.165) is 24.0 Å². The minimum atomic E-state index is -0.470. The van der Waals surface area contributed by atoms with Gasteiger partial charge in [-0.2, -0.15) is 0 Å². The van der Waals surface area contributed by atoms with Gasteiger partial charge in [-0.25, -0.2) is 0 Å². The van der Waals surface area contributed by atoms with E-state index in [9.17, 15) is 9.59 Å². The second kappa shape index (κ2) is 12.3. The Morgan fingerprint density at radius 1 is 1.03 bits per heavy atom.